The van der Waals surface area contributed by atoms with E-state index < -0.39 is 0 Å². The Morgan fingerprint density at radius 2 is 1.96 bits per heavy atom. The third-order valence-corrected chi connectivity index (χ3v) is 4.48. The van der Waals surface area contributed by atoms with Crippen molar-refractivity contribution >= 4 is 17.3 Å². The monoisotopic (exact) mass is 334 g/mol. The highest BCUT2D eigenvalue weighted by atomic mass is 35.5. The van der Waals surface area contributed by atoms with Gasteiger partial charge in [0.1, 0.15) is 0 Å². The lowest BCUT2D eigenvalue weighted by atomic mass is 10.1. The average Bonchev–Trinajstić information content (AvgIpc) is 2.99. The number of piperazine rings is 1. The molecule has 0 atom stereocenters. The van der Waals surface area contributed by atoms with E-state index in [-0.39, 0.29) is 0 Å². The van der Waals surface area contributed by atoms with E-state index in [1.165, 1.54) is 11.3 Å². The van der Waals surface area contributed by atoms with Gasteiger partial charge in [-0.15, -0.1) is 0 Å². The molecule has 0 N–H and O–H groups in total. The number of benzene rings is 1. The Labute approximate surface area is 142 Å². The molecule has 6 heteroatoms. The van der Waals surface area contributed by atoms with Crippen LogP contribution in [0.2, 0.25) is 5.02 Å². The maximum Gasteiger partial charge on any atom is 0.240 e. The third-order valence-electron chi connectivity index (χ3n) is 4.24. The molecule has 2 aromatic rings. The lowest BCUT2D eigenvalue weighted by molar-refractivity contribution is 0.215. The van der Waals surface area contributed by atoms with Crippen LogP contribution in [0, 0.1) is 6.92 Å². The predicted octanol–water partition coefficient (Wildman–Crippen LogP) is 3.48. The molecule has 1 saturated heterocycles. The normalized spacial score (nSPS) is 16.3. The summed E-state index contributed by atoms with van der Waals surface area (Å²) in [4.78, 5) is 9.21. The highest BCUT2D eigenvalue weighted by Gasteiger charge is 2.21. The van der Waals surface area contributed by atoms with Crippen LogP contribution in [0.4, 0.5) is 5.69 Å². The van der Waals surface area contributed by atoms with Crippen LogP contribution in [0.5, 0.6) is 0 Å². The van der Waals surface area contributed by atoms with E-state index >= 15 is 0 Å². The van der Waals surface area contributed by atoms with E-state index in [4.69, 9.17) is 16.1 Å². The summed E-state index contributed by atoms with van der Waals surface area (Å²) in [6, 6.07) is 6.08. The van der Waals surface area contributed by atoms with Crippen LogP contribution in [-0.2, 0) is 6.54 Å². The summed E-state index contributed by atoms with van der Waals surface area (Å²) in [7, 11) is 0. The zero-order valence-corrected chi connectivity index (χ0v) is 14.7. The molecular weight excluding hydrogens is 312 g/mol. The standard InChI is InChI=1S/C17H23ClN4O/c1-12(2)17-19-16(23-20-17)11-21-6-8-22(9-7-21)15-10-14(18)5-4-13(15)3/h4-5,10,12H,6-9,11H2,1-3H3. The third kappa shape index (κ3) is 3.85. The Morgan fingerprint density at radius 3 is 2.61 bits per heavy atom. The number of nitrogens with zero attached hydrogens (tertiary/aromatic N) is 4. The Hall–Kier alpha value is -1.59. The second-order valence-electron chi connectivity index (χ2n) is 6.40. The first-order valence-electron chi connectivity index (χ1n) is 8.09. The molecular formula is C17H23ClN4O. The van der Waals surface area contributed by atoms with Gasteiger partial charge >= 0.3 is 0 Å². The number of aromatic nitrogens is 2. The van der Waals surface area contributed by atoms with Crippen LogP contribution in [0.25, 0.3) is 0 Å². The van der Waals surface area contributed by atoms with Gasteiger partial charge in [-0.3, -0.25) is 4.90 Å². The van der Waals surface area contributed by atoms with E-state index in [2.05, 4.69) is 52.8 Å². The molecule has 0 radical (unpaired) electrons. The minimum Gasteiger partial charge on any atom is -0.369 e. The van der Waals surface area contributed by atoms with Crippen LogP contribution in [0.15, 0.2) is 22.7 Å². The molecule has 2 heterocycles. The fraction of sp³-hybridized carbons (Fsp3) is 0.529. The molecule has 1 aliphatic heterocycles. The van der Waals surface area contributed by atoms with Crippen molar-refractivity contribution in [1.82, 2.24) is 15.0 Å². The summed E-state index contributed by atoms with van der Waals surface area (Å²) in [5, 5.41) is 4.82. The van der Waals surface area contributed by atoms with Crippen LogP contribution in [0.1, 0.15) is 37.0 Å². The Morgan fingerprint density at radius 1 is 1.22 bits per heavy atom. The number of hydrogen-bond acceptors (Lipinski definition) is 5. The number of anilines is 1. The topological polar surface area (TPSA) is 45.4 Å². The van der Waals surface area contributed by atoms with Crippen molar-refractivity contribution in [3.8, 4) is 0 Å². The molecule has 0 aliphatic carbocycles. The van der Waals surface area contributed by atoms with E-state index in [1.54, 1.807) is 0 Å². The van der Waals surface area contributed by atoms with Gasteiger partial charge in [-0.2, -0.15) is 4.98 Å². The summed E-state index contributed by atoms with van der Waals surface area (Å²) in [5.74, 6) is 1.80. The summed E-state index contributed by atoms with van der Waals surface area (Å²) in [5.41, 5.74) is 2.50. The van der Waals surface area contributed by atoms with Gasteiger partial charge in [0.25, 0.3) is 0 Å². The quantitative estimate of drug-likeness (QED) is 0.856. The molecule has 0 amide bonds. The molecule has 1 aromatic heterocycles. The lowest BCUT2D eigenvalue weighted by Gasteiger charge is -2.36. The molecule has 0 saturated carbocycles. The van der Waals surface area contributed by atoms with Gasteiger partial charge in [-0.05, 0) is 24.6 Å². The van der Waals surface area contributed by atoms with Gasteiger partial charge in [-0.25, -0.2) is 0 Å². The minimum absolute atomic E-state index is 0.301. The number of aryl methyl sites for hydroxylation is 1. The van der Waals surface area contributed by atoms with E-state index in [1.807, 2.05) is 6.07 Å². The van der Waals surface area contributed by atoms with Crippen molar-refractivity contribution < 1.29 is 4.52 Å². The van der Waals surface area contributed by atoms with Gasteiger partial charge in [0.05, 0.1) is 6.54 Å². The Bertz CT molecular complexity index is 662. The summed E-state index contributed by atoms with van der Waals surface area (Å²) in [6.45, 7) is 10.9. The maximum absolute atomic E-state index is 6.14. The zero-order valence-electron chi connectivity index (χ0n) is 13.9. The molecule has 0 bridgehead atoms. The molecule has 3 rings (SSSR count). The van der Waals surface area contributed by atoms with Crippen LogP contribution >= 0.6 is 11.6 Å². The zero-order chi connectivity index (χ0) is 16.4. The van der Waals surface area contributed by atoms with Gasteiger partial charge in [0.15, 0.2) is 5.82 Å². The molecule has 1 aliphatic rings. The first-order chi connectivity index (χ1) is 11.0. The van der Waals surface area contributed by atoms with Crippen molar-refractivity contribution in [1.29, 1.82) is 0 Å². The maximum atomic E-state index is 6.14. The van der Waals surface area contributed by atoms with E-state index in [9.17, 15) is 0 Å². The van der Waals surface area contributed by atoms with Crippen molar-refractivity contribution in [2.45, 2.75) is 33.2 Å². The highest BCUT2D eigenvalue weighted by Crippen LogP contribution is 2.25. The summed E-state index contributed by atoms with van der Waals surface area (Å²) >= 11 is 6.14. The molecule has 23 heavy (non-hydrogen) atoms. The van der Waals surface area contributed by atoms with Crippen LogP contribution < -0.4 is 4.90 Å². The summed E-state index contributed by atoms with van der Waals surface area (Å²) < 4.78 is 5.34. The Kier molecular flexibility index (Phi) is 4.87. The molecule has 0 unspecified atom stereocenters. The largest absolute Gasteiger partial charge is 0.369 e. The first-order valence-corrected chi connectivity index (χ1v) is 8.46. The number of halogens is 1. The molecule has 124 valence electrons. The first kappa shape index (κ1) is 16.3. The number of rotatable bonds is 4. The fourth-order valence-corrected chi connectivity index (χ4v) is 2.99. The van der Waals surface area contributed by atoms with Gasteiger partial charge in [-0.1, -0.05) is 36.7 Å². The fourth-order valence-electron chi connectivity index (χ4n) is 2.83. The second-order valence-corrected chi connectivity index (χ2v) is 6.83. The molecule has 1 fully saturated rings. The van der Waals surface area contributed by atoms with Crippen molar-refractivity contribution in [3.05, 3.63) is 40.5 Å². The number of hydrogen-bond donors (Lipinski definition) is 0. The second kappa shape index (κ2) is 6.89. The highest BCUT2D eigenvalue weighted by molar-refractivity contribution is 6.30. The van der Waals surface area contributed by atoms with Gasteiger partial charge < -0.3 is 9.42 Å². The van der Waals surface area contributed by atoms with Crippen molar-refractivity contribution in [3.63, 3.8) is 0 Å². The molecule has 1 aromatic carbocycles. The van der Waals surface area contributed by atoms with Crippen molar-refractivity contribution in [2.75, 3.05) is 31.1 Å². The van der Waals surface area contributed by atoms with Crippen LogP contribution in [-0.4, -0.2) is 41.2 Å². The molecule has 5 nitrogen and oxygen atoms in total. The van der Waals surface area contributed by atoms with Gasteiger partial charge in [0.2, 0.25) is 5.89 Å². The average molecular weight is 335 g/mol. The van der Waals surface area contributed by atoms with Crippen molar-refractivity contribution in [2.24, 2.45) is 0 Å². The smallest absolute Gasteiger partial charge is 0.240 e. The van der Waals surface area contributed by atoms with Gasteiger partial charge in [0, 0.05) is 42.8 Å². The minimum atomic E-state index is 0.301. The SMILES string of the molecule is Cc1ccc(Cl)cc1N1CCN(Cc2nc(C(C)C)no2)CC1. The lowest BCUT2D eigenvalue weighted by Crippen LogP contribution is -2.46. The van der Waals surface area contributed by atoms with Crippen LogP contribution in [0.3, 0.4) is 0 Å². The van der Waals surface area contributed by atoms with E-state index in [0.29, 0.717) is 11.8 Å². The summed E-state index contributed by atoms with van der Waals surface area (Å²) in [6.07, 6.45) is 0. The molecule has 0 spiro atoms. The predicted molar refractivity (Wildman–Crippen MR) is 92.1 cm³/mol. The van der Waals surface area contributed by atoms with E-state index in [0.717, 1.165) is 43.6 Å². The Balaban J connectivity index is 1.58.